The molecule has 27 heavy (non-hydrogen) atoms. The molecule has 1 atom stereocenters. The zero-order chi connectivity index (χ0) is 19.2. The smallest absolute Gasteiger partial charge is 0.228 e. The summed E-state index contributed by atoms with van der Waals surface area (Å²) in [5.74, 6) is -3.43. The van der Waals surface area contributed by atoms with Gasteiger partial charge in [0.2, 0.25) is 5.91 Å². The molecule has 3 aromatic rings. The minimum atomic E-state index is -2.19. The summed E-state index contributed by atoms with van der Waals surface area (Å²) < 4.78 is 1.98. The number of imidazole rings is 1. The maximum atomic E-state index is 10.4. The summed E-state index contributed by atoms with van der Waals surface area (Å²) >= 11 is 5.97. The fourth-order valence-corrected chi connectivity index (χ4v) is 3.66. The SMILES string of the molecule is NC1(O)CCC(O)(O)N1Cc1nc2ccccc2n1Cc1ccc(Cl)cc1. The maximum absolute atomic E-state index is 10.4. The first-order valence-corrected chi connectivity index (χ1v) is 9.06. The molecule has 0 bridgehead atoms. The molecule has 8 heteroatoms. The predicted octanol–water partition coefficient (Wildman–Crippen LogP) is 1.58. The number of hydrogen-bond acceptors (Lipinski definition) is 6. The van der Waals surface area contributed by atoms with Gasteiger partial charge in [-0.1, -0.05) is 35.9 Å². The van der Waals surface area contributed by atoms with Crippen LogP contribution in [-0.4, -0.2) is 41.5 Å². The lowest BCUT2D eigenvalue weighted by atomic mass is 10.2. The topological polar surface area (TPSA) is 108 Å². The van der Waals surface area contributed by atoms with Crippen LogP contribution < -0.4 is 5.73 Å². The van der Waals surface area contributed by atoms with Gasteiger partial charge in [-0.05, 0) is 29.8 Å². The molecule has 1 unspecified atom stereocenters. The second-order valence-electron chi connectivity index (χ2n) is 6.97. The van der Waals surface area contributed by atoms with Crippen LogP contribution in [0.5, 0.6) is 0 Å². The molecule has 7 nitrogen and oxygen atoms in total. The number of likely N-dealkylation sites (tertiary alicyclic amines) is 1. The Morgan fingerprint density at radius 3 is 2.37 bits per heavy atom. The molecule has 1 aromatic heterocycles. The zero-order valence-corrected chi connectivity index (χ0v) is 15.3. The number of benzene rings is 2. The third-order valence-corrected chi connectivity index (χ3v) is 5.27. The summed E-state index contributed by atoms with van der Waals surface area (Å²) in [5.41, 5.74) is 8.58. The van der Waals surface area contributed by atoms with Crippen molar-refractivity contribution < 1.29 is 15.3 Å². The van der Waals surface area contributed by atoms with E-state index in [1.54, 1.807) is 0 Å². The van der Waals surface area contributed by atoms with E-state index in [2.05, 4.69) is 4.98 Å². The van der Waals surface area contributed by atoms with E-state index in [-0.39, 0.29) is 19.4 Å². The number of nitrogens with zero attached hydrogens (tertiary/aromatic N) is 3. The number of para-hydroxylation sites is 2. The lowest BCUT2D eigenvalue weighted by molar-refractivity contribution is -0.293. The first-order chi connectivity index (χ1) is 12.8. The van der Waals surface area contributed by atoms with Crippen molar-refractivity contribution in [3.8, 4) is 0 Å². The van der Waals surface area contributed by atoms with Gasteiger partial charge >= 0.3 is 0 Å². The molecular formula is C19H21ClN4O3. The number of nitrogens with two attached hydrogens (primary N) is 1. The van der Waals surface area contributed by atoms with Gasteiger partial charge < -0.3 is 19.9 Å². The summed E-state index contributed by atoms with van der Waals surface area (Å²) in [5, 5.41) is 31.5. The van der Waals surface area contributed by atoms with Crippen LogP contribution in [0.3, 0.4) is 0 Å². The molecule has 2 aromatic carbocycles. The quantitative estimate of drug-likeness (QED) is 0.505. The van der Waals surface area contributed by atoms with Crippen molar-refractivity contribution in [2.24, 2.45) is 5.73 Å². The second kappa shape index (κ2) is 6.56. The highest BCUT2D eigenvalue weighted by molar-refractivity contribution is 6.30. The number of aliphatic hydroxyl groups is 3. The Balaban J connectivity index is 1.75. The van der Waals surface area contributed by atoms with Crippen LogP contribution in [0.4, 0.5) is 0 Å². The molecule has 0 radical (unpaired) electrons. The van der Waals surface area contributed by atoms with Crippen molar-refractivity contribution >= 4 is 22.6 Å². The third-order valence-electron chi connectivity index (χ3n) is 5.02. The number of rotatable bonds is 4. The molecule has 0 spiro atoms. The van der Waals surface area contributed by atoms with Gasteiger partial charge in [0.15, 0.2) is 5.85 Å². The second-order valence-corrected chi connectivity index (χ2v) is 7.40. The Labute approximate surface area is 161 Å². The highest BCUT2D eigenvalue weighted by Gasteiger charge is 2.51. The van der Waals surface area contributed by atoms with E-state index in [1.807, 2.05) is 53.1 Å². The van der Waals surface area contributed by atoms with Crippen LogP contribution in [0.15, 0.2) is 48.5 Å². The van der Waals surface area contributed by atoms with Crippen molar-refractivity contribution in [1.82, 2.24) is 14.5 Å². The highest BCUT2D eigenvalue weighted by atomic mass is 35.5. The van der Waals surface area contributed by atoms with Gasteiger partial charge in [-0.2, -0.15) is 0 Å². The summed E-state index contributed by atoms with van der Waals surface area (Å²) in [7, 11) is 0. The van der Waals surface area contributed by atoms with Crippen LogP contribution in [0.1, 0.15) is 24.2 Å². The normalized spacial score (nSPS) is 22.6. The lowest BCUT2D eigenvalue weighted by Gasteiger charge is -2.35. The van der Waals surface area contributed by atoms with Crippen molar-refractivity contribution in [3.05, 3.63) is 64.9 Å². The van der Waals surface area contributed by atoms with E-state index in [1.165, 1.54) is 0 Å². The number of halogens is 1. The van der Waals surface area contributed by atoms with E-state index in [0.29, 0.717) is 17.4 Å². The average Bonchev–Trinajstić information content (AvgIpc) is 3.07. The number of aromatic nitrogens is 2. The van der Waals surface area contributed by atoms with E-state index in [9.17, 15) is 15.3 Å². The van der Waals surface area contributed by atoms with E-state index in [4.69, 9.17) is 17.3 Å². The van der Waals surface area contributed by atoms with Gasteiger partial charge in [0, 0.05) is 24.4 Å². The Hall–Kier alpha value is -2.00. The molecule has 4 rings (SSSR count). The summed E-state index contributed by atoms with van der Waals surface area (Å²) in [4.78, 5) is 5.70. The van der Waals surface area contributed by atoms with Crippen LogP contribution in [-0.2, 0) is 13.1 Å². The van der Waals surface area contributed by atoms with Crippen molar-refractivity contribution in [2.45, 2.75) is 37.7 Å². The van der Waals surface area contributed by atoms with Crippen LogP contribution in [0.2, 0.25) is 5.02 Å². The number of hydrogen-bond donors (Lipinski definition) is 4. The molecule has 1 aliphatic rings. The Morgan fingerprint density at radius 2 is 1.70 bits per heavy atom. The van der Waals surface area contributed by atoms with Crippen LogP contribution in [0, 0.1) is 0 Å². The summed E-state index contributed by atoms with van der Waals surface area (Å²) in [6.07, 6.45) is 0.00876. The van der Waals surface area contributed by atoms with Gasteiger partial charge in [-0.3, -0.25) is 5.73 Å². The minimum absolute atomic E-state index is 0.0116. The zero-order valence-electron chi connectivity index (χ0n) is 14.6. The lowest BCUT2D eigenvalue weighted by Crippen LogP contribution is -2.58. The summed E-state index contributed by atoms with van der Waals surface area (Å²) in [6, 6.07) is 15.2. The van der Waals surface area contributed by atoms with Gasteiger partial charge in [-0.25, -0.2) is 9.88 Å². The van der Waals surface area contributed by atoms with Gasteiger partial charge in [-0.15, -0.1) is 0 Å². The van der Waals surface area contributed by atoms with Crippen molar-refractivity contribution in [3.63, 3.8) is 0 Å². The van der Waals surface area contributed by atoms with E-state index >= 15 is 0 Å². The molecule has 1 aliphatic heterocycles. The van der Waals surface area contributed by atoms with Gasteiger partial charge in [0.25, 0.3) is 0 Å². The standard InChI is InChI=1S/C19H21ClN4O3/c20-14-7-5-13(6-8-14)11-23-16-4-2-1-3-15(16)22-17(23)12-24-18(21,25)9-10-19(24,26)27/h1-8,25-27H,9-12,21H2. The third kappa shape index (κ3) is 3.45. The molecular weight excluding hydrogens is 368 g/mol. The molecule has 0 saturated carbocycles. The Bertz CT molecular complexity index is 953. The molecule has 1 saturated heterocycles. The number of fused-ring (bicyclic) bond motifs is 1. The first-order valence-electron chi connectivity index (χ1n) is 8.69. The van der Waals surface area contributed by atoms with Gasteiger partial charge in [0.1, 0.15) is 5.82 Å². The Kier molecular flexibility index (Phi) is 4.46. The Morgan fingerprint density at radius 1 is 1.00 bits per heavy atom. The van der Waals surface area contributed by atoms with Crippen molar-refractivity contribution in [2.75, 3.05) is 0 Å². The molecule has 5 N–H and O–H groups in total. The molecule has 2 heterocycles. The highest BCUT2D eigenvalue weighted by Crippen LogP contribution is 2.35. The maximum Gasteiger partial charge on any atom is 0.228 e. The van der Waals surface area contributed by atoms with Gasteiger partial charge in [0.05, 0.1) is 17.6 Å². The molecule has 0 aliphatic carbocycles. The van der Waals surface area contributed by atoms with Crippen LogP contribution >= 0.6 is 11.6 Å². The summed E-state index contributed by atoms with van der Waals surface area (Å²) in [6.45, 7) is 0.510. The fraction of sp³-hybridized carbons (Fsp3) is 0.316. The molecule has 1 fully saturated rings. The molecule has 0 amide bonds. The minimum Gasteiger partial charge on any atom is -0.363 e. The fourth-order valence-electron chi connectivity index (χ4n) is 3.53. The largest absolute Gasteiger partial charge is 0.363 e. The monoisotopic (exact) mass is 388 g/mol. The first kappa shape index (κ1) is 18.4. The van der Waals surface area contributed by atoms with Crippen molar-refractivity contribution in [1.29, 1.82) is 0 Å². The average molecular weight is 389 g/mol. The predicted molar refractivity (Wildman–Crippen MR) is 101 cm³/mol. The van der Waals surface area contributed by atoms with E-state index < -0.39 is 11.8 Å². The van der Waals surface area contributed by atoms with E-state index in [0.717, 1.165) is 21.5 Å². The van der Waals surface area contributed by atoms with Crippen LogP contribution in [0.25, 0.3) is 11.0 Å². The molecule has 142 valence electrons.